The maximum atomic E-state index is 13.0. The number of benzene rings is 1. The van der Waals surface area contributed by atoms with Gasteiger partial charge in [0.25, 0.3) is 0 Å². The van der Waals surface area contributed by atoms with Crippen molar-refractivity contribution < 1.29 is 27.6 Å². The van der Waals surface area contributed by atoms with Crippen LogP contribution in [0.15, 0.2) is 24.3 Å². The number of piperidine rings is 1. The first kappa shape index (κ1) is 16.8. The summed E-state index contributed by atoms with van der Waals surface area (Å²) in [5.74, 6) is -0.293. The van der Waals surface area contributed by atoms with Gasteiger partial charge in [-0.25, -0.2) is 0 Å². The molecule has 2 rings (SSSR count). The molecule has 0 spiro atoms. The molecule has 1 aromatic carbocycles. The van der Waals surface area contributed by atoms with Gasteiger partial charge in [-0.3, -0.25) is 4.79 Å². The van der Waals surface area contributed by atoms with Crippen LogP contribution in [0.2, 0.25) is 0 Å². The molecule has 1 aromatic rings. The van der Waals surface area contributed by atoms with Crippen LogP contribution in [0.5, 0.6) is 0 Å². The molecule has 122 valence electrons. The summed E-state index contributed by atoms with van der Waals surface area (Å²) < 4.78 is 44.0. The van der Waals surface area contributed by atoms with E-state index in [4.69, 9.17) is 4.74 Å². The Hall–Kier alpha value is -1.56. The van der Waals surface area contributed by atoms with Crippen LogP contribution in [-0.2, 0) is 22.3 Å². The van der Waals surface area contributed by atoms with Crippen molar-refractivity contribution in [3.05, 3.63) is 35.4 Å². The molecule has 1 aliphatic heterocycles. The number of ether oxygens (including phenoxy) is 1. The van der Waals surface area contributed by atoms with E-state index in [1.54, 1.807) is 13.0 Å². The molecule has 0 amide bonds. The summed E-state index contributed by atoms with van der Waals surface area (Å²) in [7, 11) is 0. The number of nitrogens with one attached hydrogen (secondary N) is 1. The van der Waals surface area contributed by atoms with E-state index in [-0.39, 0.29) is 11.9 Å². The summed E-state index contributed by atoms with van der Waals surface area (Å²) in [5.41, 5.74) is -0.241. The number of rotatable bonds is 4. The summed E-state index contributed by atoms with van der Waals surface area (Å²) in [6.07, 6.45) is -2.98. The third-order valence-corrected chi connectivity index (χ3v) is 4.08. The molecule has 3 nitrogen and oxygen atoms in total. The predicted octanol–water partition coefficient (Wildman–Crippen LogP) is 2.06. The monoisotopic (exact) mass is 316 g/mol. The Morgan fingerprint density at radius 1 is 1.27 bits per heavy atom. The molecule has 1 N–H and O–H groups in total. The van der Waals surface area contributed by atoms with Gasteiger partial charge in [-0.1, -0.05) is 18.2 Å². The number of hydrogen-bond donors (Lipinski definition) is 1. The summed E-state index contributed by atoms with van der Waals surface area (Å²) in [4.78, 5) is 12.7. The molecule has 1 heterocycles. The van der Waals surface area contributed by atoms with E-state index >= 15 is 0 Å². The zero-order valence-electron chi connectivity index (χ0n) is 12.6. The third kappa shape index (κ3) is 4.22. The molecule has 0 unspecified atom stereocenters. The molecule has 0 bridgehead atoms. The Morgan fingerprint density at radius 2 is 1.91 bits per heavy atom. The second kappa shape index (κ2) is 7.13. The van der Waals surface area contributed by atoms with Crippen molar-refractivity contribution in [1.29, 1.82) is 0 Å². The summed E-state index contributed by atoms with van der Waals surface area (Å²) in [6, 6.07) is 5.71. The first-order valence-electron chi connectivity index (χ1n) is 7.57. The molecule has 6 heteroatoms. The average molecular weight is 316 g/mol. The molecule has 0 saturated carbocycles. The minimum absolute atomic E-state index is 0.110. The number of likely N-dealkylation sites (tertiary alicyclic amines) is 1. The summed E-state index contributed by atoms with van der Waals surface area (Å²) in [6.45, 7) is 3.85. The van der Waals surface area contributed by atoms with Crippen LogP contribution >= 0.6 is 0 Å². The molecule has 0 aliphatic carbocycles. The Labute approximate surface area is 128 Å². The molecule has 0 radical (unpaired) electrons. The summed E-state index contributed by atoms with van der Waals surface area (Å²) >= 11 is 0. The Kier molecular flexibility index (Phi) is 5.45. The number of hydrogen-bond acceptors (Lipinski definition) is 2. The van der Waals surface area contributed by atoms with E-state index in [0.717, 1.165) is 11.0 Å². The SMILES string of the molecule is CCOC(=O)C1CC[NH+](Cc2ccccc2C(F)(F)F)CC1. The van der Waals surface area contributed by atoms with Crippen LogP contribution in [0.4, 0.5) is 13.2 Å². The van der Waals surface area contributed by atoms with Gasteiger partial charge in [-0.2, -0.15) is 13.2 Å². The predicted molar refractivity (Wildman–Crippen MR) is 75.2 cm³/mol. The van der Waals surface area contributed by atoms with E-state index in [9.17, 15) is 18.0 Å². The molecule has 0 aromatic heterocycles. The van der Waals surface area contributed by atoms with Crippen molar-refractivity contribution in [2.75, 3.05) is 19.7 Å². The van der Waals surface area contributed by atoms with Crippen molar-refractivity contribution in [1.82, 2.24) is 0 Å². The Bertz CT molecular complexity index is 508. The van der Waals surface area contributed by atoms with E-state index < -0.39 is 11.7 Å². The van der Waals surface area contributed by atoms with Gasteiger partial charge in [0.15, 0.2) is 0 Å². The molecule has 0 atom stereocenters. The standard InChI is InChI=1S/C16H20F3NO2/c1-2-22-15(21)12-7-9-20(10-8-12)11-13-5-3-4-6-14(13)16(17,18)19/h3-6,12H,2,7-11H2,1H3/p+1. The van der Waals surface area contributed by atoms with Gasteiger partial charge in [0, 0.05) is 18.4 Å². The van der Waals surface area contributed by atoms with Crippen LogP contribution < -0.4 is 4.90 Å². The lowest BCUT2D eigenvalue weighted by atomic mass is 9.96. The fourth-order valence-corrected chi connectivity index (χ4v) is 2.92. The summed E-state index contributed by atoms with van der Waals surface area (Å²) in [5, 5.41) is 0. The maximum absolute atomic E-state index is 13.0. The number of esters is 1. The van der Waals surface area contributed by atoms with E-state index in [2.05, 4.69) is 0 Å². The lowest BCUT2D eigenvalue weighted by molar-refractivity contribution is -0.919. The van der Waals surface area contributed by atoms with Gasteiger partial charge in [-0.15, -0.1) is 0 Å². The first-order valence-corrected chi connectivity index (χ1v) is 7.57. The zero-order chi connectivity index (χ0) is 16.2. The van der Waals surface area contributed by atoms with Gasteiger partial charge in [0.2, 0.25) is 0 Å². The van der Waals surface area contributed by atoms with Gasteiger partial charge < -0.3 is 9.64 Å². The highest BCUT2D eigenvalue weighted by Crippen LogP contribution is 2.31. The highest BCUT2D eigenvalue weighted by Gasteiger charge is 2.35. The minimum atomic E-state index is -4.32. The Morgan fingerprint density at radius 3 is 2.50 bits per heavy atom. The first-order chi connectivity index (χ1) is 10.4. The van der Waals surface area contributed by atoms with Gasteiger partial charge in [0.05, 0.1) is 31.2 Å². The molecular weight excluding hydrogens is 295 g/mol. The molecule has 1 aliphatic rings. The molecule has 1 fully saturated rings. The lowest BCUT2D eigenvalue weighted by Crippen LogP contribution is -3.11. The number of quaternary nitrogens is 1. The second-order valence-electron chi connectivity index (χ2n) is 5.61. The normalized spacial score (nSPS) is 22.4. The lowest BCUT2D eigenvalue weighted by Gasteiger charge is -2.28. The second-order valence-corrected chi connectivity index (χ2v) is 5.61. The van der Waals surface area contributed by atoms with Crippen LogP contribution in [0.25, 0.3) is 0 Å². The van der Waals surface area contributed by atoms with E-state index in [1.165, 1.54) is 12.1 Å². The molecule has 1 saturated heterocycles. The van der Waals surface area contributed by atoms with E-state index in [1.807, 2.05) is 0 Å². The fraction of sp³-hybridized carbons (Fsp3) is 0.562. The van der Waals surface area contributed by atoms with Crippen LogP contribution in [-0.4, -0.2) is 25.7 Å². The highest BCUT2D eigenvalue weighted by atomic mass is 19.4. The van der Waals surface area contributed by atoms with Gasteiger partial charge in [-0.05, 0) is 13.0 Å². The van der Waals surface area contributed by atoms with Crippen molar-refractivity contribution in [3.8, 4) is 0 Å². The molecular formula is C16H21F3NO2+. The van der Waals surface area contributed by atoms with Crippen molar-refractivity contribution in [3.63, 3.8) is 0 Å². The number of halogens is 3. The number of carbonyl (C=O) groups is 1. The van der Waals surface area contributed by atoms with Gasteiger partial charge >= 0.3 is 12.1 Å². The number of alkyl halides is 3. The highest BCUT2D eigenvalue weighted by molar-refractivity contribution is 5.72. The van der Waals surface area contributed by atoms with Crippen molar-refractivity contribution in [2.45, 2.75) is 32.5 Å². The quantitative estimate of drug-likeness (QED) is 0.862. The van der Waals surface area contributed by atoms with Crippen LogP contribution in [0.1, 0.15) is 30.9 Å². The van der Waals surface area contributed by atoms with E-state index in [0.29, 0.717) is 44.6 Å². The Balaban J connectivity index is 1.96. The average Bonchev–Trinajstić information content (AvgIpc) is 2.48. The zero-order valence-corrected chi connectivity index (χ0v) is 12.6. The fourth-order valence-electron chi connectivity index (χ4n) is 2.92. The number of carbonyl (C=O) groups excluding carboxylic acids is 1. The molecule has 22 heavy (non-hydrogen) atoms. The van der Waals surface area contributed by atoms with Crippen LogP contribution in [0.3, 0.4) is 0 Å². The van der Waals surface area contributed by atoms with Crippen molar-refractivity contribution in [2.24, 2.45) is 5.92 Å². The maximum Gasteiger partial charge on any atom is 0.416 e. The van der Waals surface area contributed by atoms with Crippen molar-refractivity contribution >= 4 is 5.97 Å². The third-order valence-electron chi connectivity index (χ3n) is 4.08. The minimum Gasteiger partial charge on any atom is -0.466 e. The smallest absolute Gasteiger partial charge is 0.416 e. The topological polar surface area (TPSA) is 30.7 Å². The largest absolute Gasteiger partial charge is 0.466 e. The van der Waals surface area contributed by atoms with Gasteiger partial charge in [0.1, 0.15) is 6.54 Å². The van der Waals surface area contributed by atoms with Crippen LogP contribution in [0, 0.1) is 5.92 Å².